The average Bonchev–Trinajstić information content (AvgIpc) is 2.50. The van der Waals surface area contributed by atoms with Gasteiger partial charge in [-0.3, -0.25) is 4.79 Å². The summed E-state index contributed by atoms with van der Waals surface area (Å²) in [7, 11) is 0. The molecule has 1 aromatic carbocycles. The Labute approximate surface area is 146 Å². The number of halogens is 1. The van der Waals surface area contributed by atoms with Crippen molar-refractivity contribution in [3.8, 4) is 0 Å². The van der Waals surface area contributed by atoms with Crippen LogP contribution in [0.3, 0.4) is 0 Å². The van der Waals surface area contributed by atoms with Gasteiger partial charge in [-0.15, -0.1) is 0 Å². The van der Waals surface area contributed by atoms with Crippen LogP contribution in [0.25, 0.3) is 0 Å². The van der Waals surface area contributed by atoms with Crippen molar-refractivity contribution < 1.29 is 4.79 Å². The van der Waals surface area contributed by atoms with E-state index in [0.717, 1.165) is 12.1 Å². The highest BCUT2D eigenvalue weighted by molar-refractivity contribution is 6.30. The molecule has 1 aliphatic carbocycles. The van der Waals surface area contributed by atoms with Crippen LogP contribution >= 0.6 is 11.6 Å². The Morgan fingerprint density at radius 3 is 2.30 bits per heavy atom. The van der Waals surface area contributed by atoms with E-state index in [-0.39, 0.29) is 11.8 Å². The maximum atomic E-state index is 12.6. The molecule has 0 heterocycles. The molecule has 0 bridgehead atoms. The molecule has 1 saturated carbocycles. The molecule has 1 N–H and O–H groups in total. The Balaban J connectivity index is 2.01. The van der Waals surface area contributed by atoms with E-state index in [1.54, 1.807) is 0 Å². The molecule has 1 atom stereocenters. The lowest BCUT2D eigenvalue weighted by molar-refractivity contribution is -0.123. The van der Waals surface area contributed by atoms with Crippen LogP contribution in [0.5, 0.6) is 0 Å². The third kappa shape index (κ3) is 5.32. The van der Waals surface area contributed by atoms with Gasteiger partial charge in [-0.05, 0) is 48.8 Å². The van der Waals surface area contributed by atoms with Crippen LogP contribution < -0.4 is 5.32 Å². The second kappa shape index (κ2) is 7.81. The van der Waals surface area contributed by atoms with Gasteiger partial charge in [-0.2, -0.15) is 0 Å². The lowest BCUT2D eigenvalue weighted by Crippen LogP contribution is -2.39. The number of rotatable bonds is 6. The second-order valence-corrected chi connectivity index (χ2v) is 8.44. The first-order valence-electron chi connectivity index (χ1n) is 8.81. The van der Waals surface area contributed by atoms with E-state index in [1.165, 1.54) is 25.7 Å². The third-order valence-electron chi connectivity index (χ3n) is 5.13. The summed E-state index contributed by atoms with van der Waals surface area (Å²) in [4.78, 5) is 12.6. The summed E-state index contributed by atoms with van der Waals surface area (Å²) in [5.41, 5.74) is 1.54. The molecule has 2 rings (SSSR count). The molecule has 128 valence electrons. The fraction of sp³-hybridized carbons (Fsp3) is 0.650. The SMILES string of the molecule is CC(C)C(=O)[C@H](CNC1CCC(C)(C)CC1)c1ccc(Cl)cc1. The van der Waals surface area contributed by atoms with Crippen molar-refractivity contribution in [1.29, 1.82) is 0 Å². The van der Waals surface area contributed by atoms with Crippen molar-refractivity contribution in [2.75, 3.05) is 6.54 Å². The molecule has 23 heavy (non-hydrogen) atoms. The van der Waals surface area contributed by atoms with Crippen LogP contribution in [0.15, 0.2) is 24.3 Å². The average molecular weight is 336 g/mol. The van der Waals surface area contributed by atoms with Gasteiger partial charge in [-0.25, -0.2) is 0 Å². The summed E-state index contributed by atoms with van der Waals surface area (Å²) in [5.74, 6) is 0.265. The normalized spacial score (nSPS) is 19.7. The summed E-state index contributed by atoms with van der Waals surface area (Å²) in [6.07, 6.45) is 4.93. The highest BCUT2D eigenvalue weighted by atomic mass is 35.5. The molecule has 0 amide bonds. The molecular weight excluding hydrogens is 306 g/mol. The van der Waals surface area contributed by atoms with Crippen molar-refractivity contribution >= 4 is 17.4 Å². The van der Waals surface area contributed by atoms with Gasteiger partial charge in [0.05, 0.1) is 5.92 Å². The van der Waals surface area contributed by atoms with E-state index in [1.807, 2.05) is 38.1 Å². The van der Waals surface area contributed by atoms with Crippen LogP contribution in [0.1, 0.15) is 64.9 Å². The van der Waals surface area contributed by atoms with Gasteiger partial charge >= 0.3 is 0 Å². The van der Waals surface area contributed by atoms with E-state index >= 15 is 0 Å². The minimum atomic E-state index is -0.0813. The lowest BCUT2D eigenvalue weighted by Gasteiger charge is -2.35. The minimum Gasteiger partial charge on any atom is -0.313 e. The Morgan fingerprint density at radius 1 is 1.22 bits per heavy atom. The van der Waals surface area contributed by atoms with Crippen LogP contribution in [0.2, 0.25) is 5.02 Å². The zero-order valence-electron chi connectivity index (χ0n) is 14.9. The number of nitrogens with one attached hydrogen (secondary N) is 1. The van der Waals surface area contributed by atoms with E-state index in [2.05, 4.69) is 19.2 Å². The molecule has 0 saturated heterocycles. The number of benzene rings is 1. The fourth-order valence-corrected chi connectivity index (χ4v) is 3.49. The predicted molar refractivity (Wildman–Crippen MR) is 98.1 cm³/mol. The van der Waals surface area contributed by atoms with Crippen molar-refractivity contribution in [1.82, 2.24) is 5.32 Å². The molecule has 0 unspecified atom stereocenters. The Morgan fingerprint density at radius 2 is 1.78 bits per heavy atom. The summed E-state index contributed by atoms with van der Waals surface area (Å²) >= 11 is 5.98. The van der Waals surface area contributed by atoms with E-state index < -0.39 is 0 Å². The third-order valence-corrected chi connectivity index (χ3v) is 5.39. The van der Waals surface area contributed by atoms with Gasteiger partial charge in [-0.1, -0.05) is 51.4 Å². The fourth-order valence-electron chi connectivity index (χ4n) is 3.37. The minimum absolute atomic E-state index is 0.0442. The zero-order valence-corrected chi connectivity index (χ0v) is 15.6. The van der Waals surface area contributed by atoms with Crippen molar-refractivity contribution in [2.24, 2.45) is 11.3 Å². The van der Waals surface area contributed by atoms with Crippen LogP contribution in [-0.2, 0) is 4.79 Å². The van der Waals surface area contributed by atoms with Gasteiger partial charge < -0.3 is 5.32 Å². The highest BCUT2D eigenvalue weighted by Crippen LogP contribution is 2.35. The molecule has 1 fully saturated rings. The predicted octanol–water partition coefficient (Wildman–Crippen LogP) is 5.21. The van der Waals surface area contributed by atoms with Crippen LogP contribution in [0.4, 0.5) is 0 Å². The number of carbonyl (C=O) groups excluding carboxylic acids is 1. The molecule has 2 nitrogen and oxygen atoms in total. The summed E-state index contributed by atoms with van der Waals surface area (Å²) in [5, 5.41) is 4.37. The van der Waals surface area contributed by atoms with E-state index in [4.69, 9.17) is 11.6 Å². The maximum Gasteiger partial charge on any atom is 0.144 e. The Bertz CT molecular complexity index is 511. The van der Waals surface area contributed by atoms with Crippen molar-refractivity contribution in [3.63, 3.8) is 0 Å². The van der Waals surface area contributed by atoms with Crippen molar-refractivity contribution in [3.05, 3.63) is 34.9 Å². The number of carbonyl (C=O) groups is 1. The lowest BCUT2D eigenvalue weighted by atomic mass is 9.75. The Hall–Kier alpha value is -0.860. The van der Waals surface area contributed by atoms with E-state index in [0.29, 0.717) is 22.3 Å². The van der Waals surface area contributed by atoms with Gasteiger partial charge in [0.2, 0.25) is 0 Å². The smallest absolute Gasteiger partial charge is 0.144 e. The van der Waals surface area contributed by atoms with Crippen LogP contribution in [0, 0.1) is 11.3 Å². The largest absolute Gasteiger partial charge is 0.313 e. The number of hydrogen-bond donors (Lipinski definition) is 1. The van der Waals surface area contributed by atoms with Gasteiger partial charge in [0.25, 0.3) is 0 Å². The van der Waals surface area contributed by atoms with Gasteiger partial charge in [0.15, 0.2) is 0 Å². The first-order chi connectivity index (χ1) is 10.8. The second-order valence-electron chi connectivity index (χ2n) is 8.01. The number of hydrogen-bond acceptors (Lipinski definition) is 2. The molecule has 1 aliphatic rings. The maximum absolute atomic E-state index is 12.6. The van der Waals surface area contributed by atoms with Crippen LogP contribution in [-0.4, -0.2) is 18.4 Å². The molecular formula is C20H30ClNO. The summed E-state index contributed by atoms with van der Waals surface area (Å²) < 4.78 is 0. The molecule has 0 radical (unpaired) electrons. The quantitative estimate of drug-likeness (QED) is 0.773. The molecule has 3 heteroatoms. The number of Topliss-reactive ketones (excluding diaryl/α,β-unsaturated/α-hetero) is 1. The summed E-state index contributed by atoms with van der Waals surface area (Å²) in [6.45, 7) is 9.39. The monoisotopic (exact) mass is 335 g/mol. The first kappa shape index (κ1) is 18.5. The highest BCUT2D eigenvalue weighted by Gasteiger charge is 2.28. The molecule has 0 spiro atoms. The molecule has 1 aromatic rings. The topological polar surface area (TPSA) is 29.1 Å². The van der Waals surface area contributed by atoms with Gasteiger partial charge in [0.1, 0.15) is 5.78 Å². The first-order valence-corrected chi connectivity index (χ1v) is 9.19. The summed E-state index contributed by atoms with van der Waals surface area (Å²) in [6, 6.07) is 8.26. The standard InChI is InChI=1S/C20H30ClNO/c1-14(2)19(23)18(15-5-7-16(21)8-6-15)13-22-17-9-11-20(3,4)12-10-17/h5-8,14,17-18,22H,9-13H2,1-4H3/t18-/m1/s1. The van der Waals surface area contributed by atoms with Gasteiger partial charge in [0, 0.05) is 23.5 Å². The zero-order chi connectivity index (χ0) is 17.0. The Kier molecular flexibility index (Phi) is 6.27. The van der Waals surface area contributed by atoms with E-state index in [9.17, 15) is 4.79 Å². The molecule has 0 aliphatic heterocycles. The van der Waals surface area contributed by atoms with Crippen molar-refractivity contribution in [2.45, 2.75) is 65.3 Å². The molecule has 0 aromatic heterocycles. The number of ketones is 1.